The molecule has 0 atom stereocenters. The first-order chi connectivity index (χ1) is 9.79. The number of sulfonamides is 1. The van der Waals surface area contributed by atoms with E-state index in [1.165, 1.54) is 6.07 Å². The summed E-state index contributed by atoms with van der Waals surface area (Å²) in [5.41, 5.74) is 1.04. The molecular weight excluding hydrogens is 290 g/mol. The van der Waals surface area contributed by atoms with Gasteiger partial charge in [-0.1, -0.05) is 26.0 Å². The molecule has 0 aliphatic carbocycles. The van der Waals surface area contributed by atoms with Gasteiger partial charge in [-0.05, 0) is 25.0 Å². The van der Waals surface area contributed by atoms with Crippen LogP contribution in [0.4, 0.5) is 0 Å². The van der Waals surface area contributed by atoms with Crippen LogP contribution in [0.1, 0.15) is 36.2 Å². The molecule has 0 spiro atoms. The van der Waals surface area contributed by atoms with Gasteiger partial charge in [0.2, 0.25) is 10.0 Å². The normalized spacial score (nSPS) is 11.9. The summed E-state index contributed by atoms with van der Waals surface area (Å²) in [6.07, 6.45) is 0.597. The van der Waals surface area contributed by atoms with E-state index in [9.17, 15) is 13.2 Å². The molecule has 0 bridgehead atoms. The van der Waals surface area contributed by atoms with Gasteiger partial charge in [0.15, 0.2) is 5.78 Å². The van der Waals surface area contributed by atoms with Crippen LogP contribution in [0.3, 0.4) is 0 Å². The van der Waals surface area contributed by atoms with Crippen LogP contribution in [-0.2, 0) is 14.8 Å². The first-order valence-electron chi connectivity index (χ1n) is 6.93. The molecule has 0 heterocycles. The zero-order chi connectivity index (χ0) is 16.0. The number of carbonyl (C=O) groups is 1. The Morgan fingerprint density at radius 3 is 2.57 bits per heavy atom. The summed E-state index contributed by atoms with van der Waals surface area (Å²) in [6, 6.07) is 4.79. The third-order valence-electron chi connectivity index (χ3n) is 3.10. The number of hydrogen-bond acceptors (Lipinski definition) is 4. The Kier molecular flexibility index (Phi) is 6.51. The van der Waals surface area contributed by atoms with Gasteiger partial charge in [0.25, 0.3) is 0 Å². The van der Waals surface area contributed by atoms with Crippen LogP contribution in [0.5, 0.6) is 0 Å². The predicted octanol–water partition coefficient (Wildman–Crippen LogP) is 2.15. The molecule has 0 aromatic heterocycles. The van der Waals surface area contributed by atoms with Crippen molar-refractivity contribution in [2.75, 3.05) is 20.3 Å². The highest BCUT2D eigenvalue weighted by Gasteiger charge is 2.19. The molecule has 0 amide bonds. The first kappa shape index (κ1) is 17.8. The van der Waals surface area contributed by atoms with Crippen molar-refractivity contribution in [3.05, 3.63) is 29.3 Å². The number of nitrogens with one attached hydrogen (secondary N) is 1. The van der Waals surface area contributed by atoms with Crippen LogP contribution in [0.25, 0.3) is 0 Å². The van der Waals surface area contributed by atoms with Gasteiger partial charge in [-0.3, -0.25) is 4.79 Å². The van der Waals surface area contributed by atoms with Gasteiger partial charge in [0.1, 0.15) is 0 Å². The van der Waals surface area contributed by atoms with E-state index in [0.717, 1.165) is 0 Å². The molecule has 5 nitrogen and oxygen atoms in total. The number of ether oxygens (including phenoxy) is 1. The van der Waals surface area contributed by atoms with Crippen LogP contribution in [0.2, 0.25) is 0 Å². The fraction of sp³-hybridized carbons (Fsp3) is 0.533. The molecule has 0 radical (unpaired) electrons. The number of benzene rings is 1. The molecule has 1 aromatic carbocycles. The minimum absolute atomic E-state index is 0.0640. The fourth-order valence-electron chi connectivity index (χ4n) is 1.88. The smallest absolute Gasteiger partial charge is 0.240 e. The molecule has 0 aliphatic heterocycles. The van der Waals surface area contributed by atoms with Crippen molar-refractivity contribution < 1.29 is 17.9 Å². The Balaban J connectivity index is 3.00. The maximum absolute atomic E-state index is 12.3. The Hall–Kier alpha value is -1.24. The van der Waals surface area contributed by atoms with Crippen molar-refractivity contribution in [2.45, 2.75) is 32.1 Å². The van der Waals surface area contributed by atoms with Gasteiger partial charge in [-0.2, -0.15) is 0 Å². The lowest BCUT2D eigenvalue weighted by atomic mass is 10.0. The molecule has 0 fully saturated rings. The molecule has 0 aliphatic rings. The van der Waals surface area contributed by atoms with Crippen LogP contribution in [0, 0.1) is 12.8 Å². The number of carbonyl (C=O) groups excluding carboxylic acids is 1. The summed E-state index contributed by atoms with van der Waals surface area (Å²) < 4.78 is 32.0. The second-order valence-corrected chi connectivity index (χ2v) is 6.98. The lowest BCUT2D eigenvalue weighted by Crippen LogP contribution is -2.26. The maximum Gasteiger partial charge on any atom is 0.240 e. The minimum atomic E-state index is -3.61. The van der Waals surface area contributed by atoms with Crippen molar-refractivity contribution in [3.8, 4) is 0 Å². The predicted molar refractivity (Wildman–Crippen MR) is 82.0 cm³/mol. The molecule has 0 unspecified atom stereocenters. The van der Waals surface area contributed by atoms with Gasteiger partial charge in [0.05, 0.1) is 4.90 Å². The third-order valence-corrected chi connectivity index (χ3v) is 4.71. The van der Waals surface area contributed by atoms with Crippen molar-refractivity contribution in [2.24, 2.45) is 5.92 Å². The highest BCUT2D eigenvalue weighted by Crippen LogP contribution is 2.19. The summed E-state index contributed by atoms with van der Waals surface area (Å²) in [4.78, 5) is 12.2. The Morgan fingerprint density at radius 1 is 1.33 bits per heavy atom. The quantitative estimate of drug-likeness (QED) is 0.589. The number of hydrogen-bond donors (Lipinski definition) is 1. The van der Waals surface area contributed by atoms with Crippen LogP contribution in [0.15, 0.2) is 23.1 Å². The zero-order valence-corrected chi connectivity index (χ0v) is 13.8. The summed E-state index contributed by atoms with van der Waals surface area (Å²) in [7, 11) is -2.04. The topological polar surface area (TPSA) is 72.5 Å². The average Bonchev–Trinajstić information content (AvgIpc) is 2.43. The van der Waals surface area contributed by atoms with Crippen LogP contribution in [-0.4, -0.2) is 34.5 Å². The summed E-state index contributed by atoms with van der Waals surface area (Å²) >= 11 is 0. The molecule has 0 saturated heterocycles. The molecule has 6 heteroatoms. The molecule has 1 rings (SSSR count). The Morgan fingerprint density at radius 2 is 2.00 bits per heavy atom. The largest absolute Gasteiger partial charge is 0.385 e. The minimum Gasteiger partial charge on any atom is -0.385 e. The van der Waals surface area contributed by atoms with Crippen molar-refractivity contribution in [3.63, 3.8) is 0 Å². The SMILES string of the molecule is COCCCNS(=O)(=O)c1cc(C(=O)C(C)C)ccc1C. The number of aryl methyl sites for hydroxylation is 1. The van der Waals surface area contributed by atoms with E-state index < -0.39 is 10.0 Å². The Bertz CT molecular complexity index is 594. The van der Waals surface area contributed by atoms with Gasteiger partial charge >= 0.3 is 0 Å². The molecule has 1 aromatic rings. The first-order valence-corrected chi connectivity index (χ1v) is 8.41. The zero-order valence-electron chi connectivity index (χ0n) is 13.0. The fourth-order valence-corrected chi connectivity index (χ4v) is 3.22. The number of Topliss-reactive ketones (excluding diaryl/α,β-unsaturated/α-hetero) is 1. The monoisotopic (exact) mass is 313 g/mol. The number of rotatable bonds is 8. The van der Waals surface area contributed by atoms with Crippen LogP contribution < -0.4 is 4.72 Å². The summed E-state index contributed by atoms with van der Waals surface area (Å²) in [5.74, 6) is -0.233. The third kappa shape index (κ3) is 4.91. The van der Waals surface area contributed by atoms with Gasteiger partial charge < -0.3 is 4.74 Å². The van der Waals surface area contributed by atoms with Crippen molar-refractivity contribution in [1.29, 1.82) is 0 Å². The molecule has 1 N–H and O–H groups in total. The van der Waals surface area contributed by atoms with Gasteiger partial charge in [-0.25, -0.2) is 13.1 Å². The molecule has 21 heavy (non-hydrogen) atoms. The lowest BCUT2D eigenvalue weighted by Gasteiger charge is -2.11. The summed E-state index contributed by atoms with van der Waals surface area (Å²) in [6.45, 7) is 6.09. The second-order valence-electron chi connectivity index (χ2n) is 5.24. The average molecular weight is 313 g/mol. The summed E-state index contributed by atoms with van der Waals surface area (Å²) in [5, 5.41) is 0. The molecule has 118 valence electrons. The van der Waals surface area contributed by atoms with Crippen LogP contribution >= 0.6 is 0 Å². The van der Waals surface area contributed by atoms with E-state index in [1.54, 1.807) is 40.0 Å². The number of methoxy groups -OCH3 is 1. The van der Waals surface area contributed by atoms with E-state index in [1.807, 2.05) is 0 Å². The van der Waals surface area contributed by atoms with E-state index in [0.29, 0.717) is 30.7 Å². The van der Waals surface area contributed by atoms with E-state index in [4.69, 9.17) is 4.74 Å². The van der Waals surface area contributed by atoms with Crippen molar-refractivity contribution >= 4 is 15.8 Å². The molecular formula is C15H23NO4S. The second kappa shape index (κ2) is 7.68. The lowest BCUT2D eigenvalue weighted by molar-refractivity contribution is 0.0939. The highest BCUT2D eigenvalue weighted by molar-refractivity contribution is 7.89. The molecule has 0 saturated carbocycles. The van der Waals surface area contributed by atoms with Gasteiger partial charge in [0, 0.05) is 31.7 Å². The van der Waals surface area contributed by atoms with E-state index in [2.05, 4.69) is 4.72 Å². The standard InChI is InChI=1S/C15H23NO4S/c1-11(2)15(17)13-7-6-12(3)14(10-13)21(18,19)16-8-5-9-20-4/h6-7,10-11,16H,5,8-9H2,1-4H3. The van der Waals surface area contributed by atoms with Crippen molar-refractivity contribution in [1.82, 2.24) is 4.72 Å². The van der Waals surface area contributed by atoms with E-state index in [-0.39, 0.29) is 16.6 Å². The van der Waals surface area contributed by atoms with E-state index >= 15 is 0 Å². The highest BCUT2D eigenvalue weighted by atomic mass is 32.2. The van der Waals surface area contributed by atoms with Gasteiger partial charge in [-0.15, -0.1) is 0 Å². The number of ketones is 1. The Labute approximate surface area is 126 Å². The maximum atomic E-state index is 12.3.